The Kier molecular flexibility index (Phi) is 4.72. The SMILES string of the molecule is COc1cccc(CC(=O)NCC(N)=S)c1. The molecule has 1 rings (SSSR count). The zero-order valence-electron chi connectivity index (χ0n) is 9.03. The second-order valence-corrected chi connectivity index (χ2v) is 3.80. The first-order chi connectivity index (χ1) is 7.61. The predicted octanol–water partition coefficient (Wildman–Crippen LogP) is 0.640. The van der Waals surface area contributed by atoms with Crippen LogP contribution in [0.5, 0.6) is 5.75 Å². The van der Waals surface area contributed by atoms with Crippen LogP contribution in [0.1, 0.15) is 5.56 Å². The molecule has 16 heavy (non-hydrogen) atoms. The molecule has 0 unspecified atom stereocenters. The molecule has 0 fully saturated rings. The summed E-state index contributed by atoms with van der Waals surface area (Å²) >= 11 is 4.66. The van der Waals surface area contributed by atoms with Crippen molar-refractivity contribution in [2.45, 2.75) is 6.42 Å². The molecule has 86 valence electrons. The van der Waals surface area contributed by atoms with Gasteiger partial charge in [0, 0.05) is 0 Å². The van der Waals surface area contributed by atoms with Gasteiger partial charge in [0.1, 0.15) is 5.75 Å². The molecule has 0 spiro atoms. The van der Waals surface area contributed by atoms with Gasteiger partial charge >= 0.3 is 0 Å². The Morgan fingerprint density at radius 3 is 2.94 bits per heavy atom. The third-order valence-electron chi connectivity index (χ3n) is 1.96. The number of amides is 1. The minimum atomic E-state index is -0.110. The lowest BCUT2D eigenvalue weighted by atomic mass is 10.1. The van der Waals surface area contributed by atoms with E-state index in [0.29, 0.717) is 6.42 Å². The van der Waals surface area contributed by atoms with E-state index in [9.17, 15) is 4.79 Å². The Morgan fingerprint density at radius 1 is 1.56 bits per heavy atom. The van der Waals surface area contributed by atoms with Gasteiger partial charge in [-0.25, -0.2) is 0 Å². The minimum Gasteiger partial charge on any atom is -0.497 e. The van der Waals surface area contributed by atoms with E-state index in [1.807, 2.05) is 24.3 Å². The highest BCUT2D eigenvalue weighted by Crippen LogP contribution is 2.12. The van der Waals surface area contributed by atoms with Crippen molar-refractivity contribution in [1.82, 2.24) is 5.32 Å². The van der Waals surface area contributed by atoms with E-state index in [4.69, 9.17) is 10.5 Å². The highest BCUT2D eigenvalue weighted by molar-refractivity contribution is 7.80. The molecule has 1 amide bonds. The van der Waals surface area contributed by atoms with Crippen molar-refractivity contribution in [3.05, 3.63) is 29.8 Å². The maximum absolute atomic E-state index is 11.4. The van der Waals surface area contributed by atoms with E-state index in [1.54, 1.807) is 7.11 Å². The van der Waals surface area contributed by atoms with Crippen LogP contribution in [0.25, 0.3) is 0 Å². The molecular weight excluding hydrogens is 224 g/mol. The van der Waals surface area contributed by atoms with Crippen molar-refractivity contribution in [2.24, 2.45) is 5.73 Å². The molecule has 0 aliphatic rings. The lowest BCUT2D eigenvalue weighted by Gasteiger charge is -2.05. The molecule has 1 aromatic carbocycles. The first-order valence-electron chi connectivity index (χ1n) is 4.79. The fraction of sp³-hybridized carbons (Fsp3) is 0.273. The van der Waals surface area contributed by atoms with Crippen molar-refractivity contribution in [2.75, 3.05) is 13.7 Å². The van der Waals surface area contributed by atoms with Crippen LogP contribution >= 0.6 is 12.2 Å². The molecule has 4 nitrogen and oxygen atoms in total. The number of thiocarbonyl (C=S) groups is 1. The molecule has 5 heteroatoms. The summed E-state index contributed by atoms with van der Waals surface area (Å²) in [5.74, 6) is 0.626. The molecule has 0 heterocycles. The lowest BCUT2D eigenvalue weighted by molar-refractivity contribution is -0.120. The average Bonchev–Trinajstić information content (AvgIpc) is 2.26. The molecule has 0 aliphatic heterocycles. The number of benzene rings is 1. The minimum absolute atomic E-state index is 0.110. The molecular formula is C11H14N2O2S. The Labute approximate surface area is 99.8 Å². The second kappa shape index (κ2) is 6.07. The highest BCUT2D eigenvalue weighted by atomic mass is 32.1. The first kappa shape index (κ1) is 12.4. The Hall–Kier alpha value is -1.62. The van der Waals surface area contributed by atoms with Gasteiger partial charge in [0.15, 0.2) is 0 Å². The van der Waals surface area contributed by atoms with E-state index < -0.39 is 0 Å². The van der Waals surface area contributed by atoms with Crippen LogP contribution in [0.2, 0.25) is 0 Å². The van der Waals surface area contributed by atoms with Crippen molar-refractivity contribution < 1.29 is 9.53 Å². The number of rotatable bonds is 5. The van der Waals surface area contributed by atoms with Gasteiger partial charge in [-0.1, -0.05) is 24.4 Å². The van der Waals surface area contributed by atoms with Crippen molar-refractivity contribution >= 4 is 23.1 Å². The van der Waals surface area contributed by atoms with E-state index in [1.165, 1.54) is 0 Å². The molecule has 0 aromatic heterocycles. The van der Waals surface area contributed by atoms with Gasteiger partial charge < -0.3 is 15.8 Å². The number of carbonyl (C=O) groups excluding carboxylic acids is 1. The summed E-state index contributed by atoms with van der Waals surface area (Å²) in [4.78, 5) is 11.7. The number of hydrogen-bond donors (Lipinski definition) is 2. The van der Waals surface area contributed by atoms with Crippen LogP contribution in [-0.2, 0) is 11.2 Å². The summed E-state index contributed by atoms with van der Waals surface area (Å²) in [6.07, 6.45) is 0.291. The quantitative estimate of drug-likeness (QED) is 0.739. The summed E-state index contributed by atoms with van der Waals surface area (Å²) < 4.78 is 5.06. The number of hydrogen-bond acceptors (Lipinski definition) is 3. The van der Waals surface area contributed by atoms with Crippen LogP contribution < -0.4 is 15.8 Å². The van der Waals surface area contributed by atoms with E-state index in [-0.39, 0.29) is 17.4 Å². The van der Waals surface area contributed by atoms with Crippen LogP contribution in [0.3, 0.4) is 0 Å². The normalized spacial score (nSPS) is 9.56. The lowest BCUT2D eigenvalue weighted by Crippen LogP contribution is -2.33. The van der Waals surface area contributed by atoms with Gasteiger partial charge in [0.2, 0.25) is 5.91 Å². The number of nitrogens with one attached hydrogen (secondary N) is 1. The number of ether oxygens (including phenoxy) is 1. The highest BCUT2D eigenvalue weighted by Gasteiger charge is 2.04. The molecule has 0 atom stereocenters. The predicted molar refractivity (Wildman–Crippen MR) is 66.5 cm³/mol. The number of nitrogens with two attached hydrogens (primary N) is 1. The fourth-order valence-electron chi connectivity index (χ4n) is 1.22. The number of methoxy groups -OCH3 is 1. The van der Waals surface area contributed by atoms with Gasteiger partial charge in [-0.05, 0) is 17.7 Å². The summed E-state index contributed by atoms with van der Waals surface area (Å²) in [6.45, 7) is 0.234. The van der Waals surface area contributed by atoms with Gasteiger partial charge in [0.05, 0.1) is 25.1 Å². The Bertz CT molecular complexity index is 393. The van der Waals surface area contributed by atoms with E-state index >= 15 is 0 Å². The van der Waals surface area contributed by atoms with Crippen LogP contribution in [0.15, 0.2) is 24.3 Å². The van der Waals surface area contributed by atoms with Gasteiger partial charge in [-0.15, -0.1) is 0 Å². The van der Waals surface area contributed by atoms with Crippen molar-refractivity contribution in [3.63, 3.8) is 0 Å². The van der Waals surface area contributed by atoms with Gasteiger partial charge in [0.25, 0.3) is 0 Å². The van der Waals surface area contributed by atoms with E-state index in [2.05, 4.69) is 17.5 Å². The molecule has 0 radical (unpaired) electrons. The molecule has 1 aromatic rings. The second-order valence-electron chi connectivity index (χ2n) is 3.27. The maximum atomic E-state index is 11.4. The maximum Gasteiger partial charge on any atom is 0.224 e. The summed E-state index contributed by atoms with van der Waals surface area (Å²) in [5, 5.41) is 2.62. The largest absolute Gasteiger partial charge is 0.497 e. The third kappa shape index (κ3) is 4.27. The summed E-state index contributed by atoms with van der Waals surface area (Å²) in [5.41, 5.74) is 6.17. The third-order valence-corrected chi connectivity index (χ3v) is 2.10. The monoisotopic (exact) mass is 238 g/mol. The molecule has 0 saturated heterocycles. The molecule has 0 aliphatic carbocycles. The van der Waals surface area contributed by atoms with Crippen LogP contribution in [-0.4, -0.2) is 24.6 Å². The summed E-state index contributed by atoms with van der Waals surface area (Å²) in [7, 11) is 1.59. The smallest absolute Gasteiger partial charge is 0.224 e. The topological polar surface area (TPSA) is 64.3 Å². The van der Waals surface area contributed by atoms with Gasteiger partial charge in [-0.3, -0.25) is 4.79 Å². The number of carbonyl (C=O) groups is 1. The zero-order valence-corrected chi connectivity index (χ0v) is 9.84. The van der Waals surface area contributed by atoms with E-state index in [0.717, 1.165) is 11.3 Å². The van der Waals surface area contributed by atoms with Crippen molar-refractivity contribution in [1.29, 1.82) is 0 Å². The standard InChI is InChI=1S/C11H14N2O2S/c1-15-9-4-2-3-8(5-9)6-11(14)13-7-10(12)16/h2-5H,6-7H2,1H3,(H2,12,16)(H,13,14). The average molecular weight is 238 g/mol. The Morgan fingerprint density at radius 2 is 2.31 bits per heavy atom. The van der Waals surface area contributed by atoms with Gasteiger partial charge in [-0.2, -0.15) is 0 Å². The molecule has 0 bridgehead atoms. The van der Waals surface area contributed by atoms with Crippen LogP contribution in [0.4, 0.5) is 0 Å². The van der Waals surface area contributed by atoms with Crippen LogP contribution in [0, 0.1) is 0 Å². The summed E-state index contributed by atoms with van der Waals surface area (Å²) in [6, 6.07) is 7.36. The van der Waals surface area contributed by atoms with Crippen molar-refractivity contribution in [3.8, 4) is 5.75 Å². The Balaban J connectivity index is 2.52. The molecule has 0 saturated carbocycles. The fourth-order valence-corrected chi connectivity index (χ4v) is 1.29. The molecule has 3 N–H and O–H groups in total. The zero-order chi connectivity index (χ0) is 12.0. The first-order valence-corrected chi connectivity index (χ1v) is 5.20.